The van der Waals surface area contributed by atoms with E-state index in [1.54, 1.807) is 0 Å². The van der Waals surface area contributed by atoms with Crippen molar-refractivity contribution in [2.75, 3.05) is 13.2 Å². The SMILES string of the molecule is [CH2-]CCCCCCO[C@@H]1O[C@H](CO)[C@@H](O)[C@H](O)[C@H]1O. The van der Waals surface area contributed by atoms with Crippen LogP contribution >= 0.6 is 0 Å². The minimum atomic E-state index is -1.37. The van der Waals surface area contributed by atoms with Gasteiger partial charge in [0.05, 0.1) is 6.61 Å². The number of hydrogen-bond acceptors (Lipinski definition) is 6. The molecule has 0 unspecified atom stereocenters. The molecule has 0 bridgehead atoms. The van der Waals surface area contributed by atoms with Crippen molar-refractivity contribution in [1.29, 1.82) is 0 Å². The molecule has 0 saturated carbocycles. The van der Waals surface area contributed by atoms with Crippen LogP contribution in [0.15, 0.2) is 0 Å². The molecule has 19 heavy (non-hydrogen) atoms. The number of aliphatic hydroxyl groups is 4. The maximum atomic E-state index is 9.71. The summed E-state index contributed by atoms with van der Waals surface area (Å²) in [5, 5.41) is 37.9. The first kappa shape index (κ1) is 16.8. The van der Waals surface area contributed by atoms with E-state index in [1.165, 1.54) is 0 Å². The van der Waals surface area contributed by atoms with Gasteiger partial charge in [-0.05, 0) is 6.42 Å². The van der Waals surface area contributed by atoms with Crippen LogP contribution in [0.1, 0.15) is 32.1 Å². The van der Waals surface area contributed by atoms with Crippen LogP contribution < -0.4 is 0 Å². The highest BCUT2D eigenvalue weighted by Crippen LogP contribution is 2.22. The van der Waals surface area contributed by atoms with Crippen molar-refractivity contribution in [2.45, 2.75) is 62.8 Å². The fraction of sp³-hybridized carbons (Fsp3) is 0.923. The van der Waals surface area contributed by atoms with Gasteiger partial charge in [0.2, 0.25) is 0 Å². The van der Waals surface area contributed by atoms with Gasteiger partial charge in [-0.3, -0.25) is 0 Å². The Morgan fingerprint density at radius 2 is 1.63 bits per heavy atom. The fourth-order valence-corrected chi connectivity index (χ4v) is 2.04. The topological polar surface area (TPSA) is 99.4 Å². The van der Waals surface area contributed by atoms with Crippen molar-refractivity contribution in [3.05, 3.63) is 6.92 Å². The molecule has 5 atom stereocenters. The van der Waals surface area contributed by atoms with Crippen LogP contribution in [0.2, 0.25) is 0 Å². The molecule has 114 valence electrons. The predicted octanol–water partition coefficient (Wildman–Crippen LogP) is -0.413. The van der Waals surface area contributed by atoms with Gasteiger partial charge in [-0.2, -0.15) is 6.42 Å². The zero-order chi connectivity index (χ0) is 14.3. The Labute approximate surface area is 114 Å². The lowest BCUT2D eigenvalue weighted by Gasteiger charge is -2.39. The van der Waals surface area contributed by atoms with Crippen LogP contribution in [0.5, 0.6) is 0 Å². The molecule has 6 heteroatoms. The average Bonchev–Trinajstić information content (AvgIpc) is 2.42. The predicted molar refractivity (Wildman–Crippen MR) is 68.2 cm³/mol. The lowest BCUT2D eigenvalue weighted by molar-refractivity contribution is -0.301. The Morgan fingerprint density at radius 1 is 0.947 bits per heavy atom. The van der Waals surface area contributed by atoms with Crippen LogP contribution in [-0.2, 0) is 9.47 Å². The quantitative estimate of drug-likeness (QED) is 0.355. The van der Waals surface area contributed by atoms with E-state index in [0.717, 1.165) is 32.1 Å². The molecule has 0 spiro atoms. The van der Waals surface area contributed by atoms with Gasteiger partial charge in [0.25, 0.3) is 0 Å². The van der Waals surface area contributed by atoms with Gasteiger partial charge < -0.3 is 36.8 Å². The smallest absolute Gasteiger partial charge is 0.186 e. The summed E-state index contributed by atoms with van der Waals surface area (Å²) in [6, 6.07) is 0. The third kappa shape index (κ3) is 4.98. The zero-order valence-corrected chi connectivity index (χ0v) is 11.1. The van der Waals surface area contributed by atoms with E-state index in [4.69, 9.17) is 14.6 Å². The van der Waals surface area contributed by atoms with E-state index in [1.807, 2.05) is 0 Å². The van der Waals surface area contributed by atoms with Crippen LogP contribution in [0.4, 0.5) is 0 Å². The summed E-state index contributed by atoms with van der Waals surface area (Å²) in [7, 11) is 0. The number of rotatable bonds is 8. The van der Waals surface area contributed by atoms with Crippen LogP contribution in [0.25, 0.3) is 0 Å². The van der Waals surface area contributed by atoms with Crippen LogP contribution in [-0.4, -0.2) is 64.3 Å². The van der Waals surface area contributed by atoms with Gasteiger partial charge >= 0.3 is 0 Å². The standard InChI is InChI=1S/C13H25O6/c1-2-3-4-5-6-7-18-13-12(17)11(16)10(15)9(8-14)19-13/h9-17H,1-8H2/q-1/t9-,10-,11+,12-,13-/m1/s1. The van der Waals surface area contributed by atoms with E-state index in [9.17, 15) is 15.3 Å². The van der Waals surface area contributed by atoms with Crippen molar-refractivity contribution < 1.29 is 29.9 Å². The molecule has 1 aliphatic rings. The highest BCUT2D eigenvalue weighted by molar-refractivity contribution is 4.88. The normalized spacial score (nSPS) is 35.5. The van der Waals surface area contributed by atoms with E-state index in [0.29, 0.717) is 6.61 Å². The molecule has 0 amide bonds. The maximum Gasteiger partial charge on any atom is 0.186 e. The van der Waals surface area contributed by atoms with Crippen molar-refractivity contribution in [3.63, 3.8) is 0 Å². The molecule has 4 N–H and O–H groups in total. The van der Waals surface area contributed by atoms with Crippen LogP contribution in [0.3, 0.4) is 0 Å². The molecule has 0 aromatic rings. The molecule has 1 heterocycles. The van der Waals surface area contributed by atoms with Gasteiger partial charge in [-0.25, -0.2) is 0 Å². The van der Waals surface area contributed by atoms with E-state index in [-0.39, 0.29) is 0 Å². The minimum Gasteiger partial charge on any atom is -0.394 e. The largest absolute Gasteiger partial charge is 0.394 e. The van der Waals surface area contributed by atoms with Gasteiger partial charge in [-0.15, -0.1) is 0 Å². The van der Waals surface area contributed by atoms with Gasteiger partial charge in [0, 0.05) is 6.61 Å². The summed E-state index contributed by atoms with van der Waals surface area (Å²) in [6.45, 7) is 3.73. The Kier molecular flexibility index (Phi) is 7.82. The number of hydrogen-bond donors (Lipinski definition) is 4. The number of ether oxygens (including phenoxy) is 2. The highest BCUT2D eigenvalue weighted by atomic mass is 16.7. The Balaban J connectivity index is 2.28. The molecule has 6 nitrogen and oxygen atoms in total. The van der Waals surface area contributed by atoms with Crippen molar-refractivity contribution in [1.82, 2.24) is 0 Å². The molecular formula is C13H25O6-. The van der Waals surface area contributed by atoms with Crippen molar-refractivity contribution >= 4 is 0 Å². The minimum absolute atomic E-state index is 0.403. The molecule has 0 aromatic heterocycles. The van der Waals surface area contributed by atoms with E-state index < -0.39 is 37.3 Å². The van der Waals surface area contributed by atoms with Gasteiger partial charge in [0.15, 0.2) is 6.29 Å². The fourth-order valence-electron chi connectivity index (χ4n) is 2.04. The molecule has 0 radical (unpaired) electrons. The van der Waals surface area contributed by atoms with Gasteiger partial charge in [-0.1, -0.05) is 19.3 Å². The van der Waals surface area contributed by atoms with E-state index in [2.05, 4.69) is 6.92 Å². The molecule has 1 saturated heterocycles. The summed E-state index contributed by atoms with van der Waals surface area (Å²) in [5.41, 5.74) is 0. The average molecular weight is 277 g/mol. The first-order chi connectivity index (χ1) is 9.11. The molecule has 0 aromatic carbocycles. The second kappa shape index (κ2) is 8.84. The zero-order valence-electron chi connectivity index (χ0n) is 11.1. The Morgan fingerprint density at radius 3 is 2.26 bits per heavy atom. The molecule has 1 aliphatic heterocycles. The molecular weight excluding hydrogens is 252 g/mol. The number of aliphatic hydroxyl groups excluding tert-OH is 4. The third-order valence-electron chi connectivity index (χ3n) is 3.27. The lowest BCUT2D eigenvalue weighted by Crippen LogP contribution is -2.59. The van der Waals surface area contributed by atoms with Crippen molar-refractivity contribution in [3.8, 4) is 0 Å². The summed E-state index contributed by atoms with van der Waals surface area (Å²) in [4.78, 5) is 0. The second-order valence-electron chi connectivity index (χ2n) is 4.84. The summed E-state index contributed by atoms with van der Waals surface area (Å²) < 4.78 is 10.6. The molecule has 0 aliphatic carbocycles. The van der Waals surface area contributed by atoms with E-state index >= 15 is 0 Å². The maximum absolute atomic E-state index is 9.71. The summed E-state index contributed by atoms with van der Waals surface area (Å²) in [6.07, 6.45) is -1.01. The first-order valence-electron chi connectivity index (χ1n) is 6.83. The lowest BCUT2D eigenvalue weighted by atomic mass is 9.99. The second-order valence-corrected chi connectivity index (χ2v) is 4.84. The molecule has 1 fully saturated rings. The van der Waals surface area contributed by atoms with Gasteiger partial charge in [0.1, 0.15) is 24.4 Å². The summed E-state index contributed by atoms with van der Waals surface area (Å²) >= 11 is 0. The van der Waals surface area contributed by atoms with Crippen LogP contribution in [0, 0.1) is 6.92 Å². The summed E-state index contributed by atoms with van der Waals surface area (Å²) in [5.74, 6) is 0. The molecule has 1 rings (SSSR count). The Hall–Kier alpha value is -0.240. The highest BCUT2D eigenvalue weighted by Gasteiger charge is 2.43. The van der Waals surface area contributed by atoms with Crippen molar-refractivity contribution in [2.24, 2.45) is 0 Å². The first-order valence-corrected chi connectivity index (χ1v) is 6.83. The Bertz CT molecular complexity index is 235. The third-order valence-corrected chi connectivity index (χ3v) is 3.27. The number of unbranched alkanes of at least 4 members (excludes halogenated alkanes) is 4. The monoisotopic (exact) mass is 277 g/mol.